The van der Waals surface area contributed by atoms with Gasteiger partial charge in [-0.2, -0.15) is 0 Å². The van der Waals surface area contributed by atoms with Crippen molar-refractivity contribution < 1.29 is 19.2 Å². The van der Waals surface area contributed by atoms with Gasteiger partial charge in [0.2, 0.25) is 0 Å². The van der Waals surface area contributed by atoms with Crippen molar-refractivity contribution in [1.29, 1.82) is 0 Å². The molecule has 0 unspecified atom stereocenters. The Labute approximate surface area is 178 Å². The van der Waals surface area contributed by atoms with Crippen LogP contribution < -0.4 is 14.8 Å². The molecular formula is C26H31FNO2+. The van der Waals surface area contributed by atoms with Crippen molar-refractivity contribution in [3.63, 3.8) is 0 Å². The van der Waals surface area contributed by atoms with Gasteiger partial charge in [-0.05, 0) is 73.5 Å². The smallest absolute Gasteiger partial charge is 0.123 e. The molecule has 0 radical (unpaired) electrons. The first-order valence-corrected chi connectivity index (χ1v) is 10.5. The highest BCUT2D eigenvalue weighted by molar-refractivity contribution is 5.36. The highest BCUT2D eigenvalue weighted by Gasteiger charge is 2.15. The van der Waals surface area contributed by atoms with Crippen molar-refractivity contribution in [2.45, 2.75) is 38.8 Å². The lowest BCUT2D eigenvalue weighted by atomic mass is 9.88. The maximum atomic E-state index is 13.4. The average Bonchev–Trinajstić information content (AvgIpc) is 2.76. The molecule has 0 bridgehead atoms. The maximum absolute atomic E-state index is 13.4. The zero-order chi connectivity index (χ0) is 21.3. The lowest BCUT2D eigenvalue weighted by Crippen LogP contribution is -2.82. The van der Waals surface area contributed by atoms with E-state index < -0.39 is 0 Å². The van der Waals surface area contributed by atoms with E-state index in [9.17, 15) is 4.39 Å². The topological polar surface area (TPSA) is 35.1 Å². The van der Waals surface area contributed by atoms with E-state index >= 15 is 0 Å². The van der Waals surface area contributed by atoms with Gasteiger partial charge in [0.1, 0.15) is 23.9 Å². The summed E-state index contributed by atoms with van der Waals surface area (Å²) in [4.78, 5) is 0. The second kappa shape index (κ2) is 10.8. The summed E-state index contributed by atoms with van der Waals surface area (Å²) in [7, 11) is 1.67. The van der Waals surface area contributed by atoms with E-state index in [1.54, 1.807) is 7.11 Å². The second-order valence-electron chi connectivity index (χ2n) is 7.76. The van der Waals surface area contributed by atoms with Crippen LogP contribution in [-0.4, -0.2) is 19.8 Å². The van der Waals surface area contributed by atoms with Crippen molar-refractivity contribution >= 4 is 0 Å². The van der Waals surface area contributed by atoms with Gasteiger partial charge in [0, 0.05) is 17.9 Å². The number of hydrogen-bond donors (Lipinski definition) is 1. The van der Waals surface area contributed by atoms with Gasteiger partial charge in [-0.25, -0.2) is 4.39 Å². The Kier molecular flexibility index (Phi) is 7.86. The molecule has 0 aliphatic heterocycles. The first-order valence-electron chi connectivity index (χ1n) is 10.5. The van der Waals surface area contributed by atoms with Gasteiger partial charge >= 0.3 is 0 Å². The van der Waals surface area contributed by atoms with Crippen LogP contribution in [0.5, 0.6) is 11.5 Å². The monoisotopic (exact) mass is 408 g/mol. The van der Waals surface area contributed by atoms with E-state index in [0.717, 1.165) is 36.6 Å². The Morgan fingerprint density at radius 1 is 0.800 bits per heavy atom. The highest BCUT2D eigenvalue weighted by Crippen LogP contribution is 2.29. The molecule has 0 fully saturated rings. The van der Waals surface area contributed by atoms with Crippen LogP contribution in [0.3, 0.4) is 0 Å². The van der Waals surface area contributed by atoms with E-state index in [-0.39, 0.29) is 17.8 Å². The molecule has 0 aromatic heterocycles. The summed E-state index contributed by atoms with van der Waals surface area (Å²) < 4.78 is 24.4. The molecule has 3 aromatic rings. The van der Waals surface area contributed by atoms with Crippen molar-refractivity contribution in [3.8, 4) is 11.5 Å². The molecule has 0 spiro atoms. The van der Waals surface area contributed by atoms with Gasteiger partial charge in [-0.15, -0.1) is 0 Å². The van der Waals surface area contributed by atoms with Crippen LogP contribution in [0, 0.1) is 5.82 Å². The molecule has 2 N–H and O–H groups in total. The minimum absolute atomic E-state index is 0.184. The Balaban J connectivity index is 1.61. The largest absolute Gasteiger partial charge is 0.497 e. The third kappa shape index (κ3) is 6.33. The van der Waals surface area contributed by atoms with Crippen LogP contribution >= 0.6 is 0 Å². The van der Waals surface area contributed by atoms with Crippen molar-refractivity contribution in [2.75, 3.05) is 13.7 Å². The molecular weight excluding hydrogens is 377 g/mol. The van der Waals surface area contributed by atoms with E-state index in [2.05, 4.69) is 29.6 Å². The standard InChI is InChI=1S/C26H30FNO2/c1-19(2)30-25-12-4-20(5-13-25)18-28-17-16-26(21-6-10-23(27)11-7-21)22-8-14-24(29-3)15-9-22/h4-15,19,26,28H,16-18H2,1-3H3/p+1/t26-/m0/s1. The van der Waals surface area contributed by atoms with Gasteiger partial charge in [0.15, 0.2) is 0 Å². The number of benzene rings is 3. The Hall–Kier alpha value is -2.85. The number of ether oxygens (including phenoxy) is 2. The number of quaternary nitrogens is 1. The summed E-state index contributed by atoms with van der Waals surface area (Å²) in [5.74, 6) is 1.76. The van der Waals surface area contributed by atoms with Crippen molar-refractivity contribution in [1.82, 2.24) is 0 Å². The quantitative estimate of drug-likeness (QED) is 0.484. The van der Waals surface area contributed by atoms with Gasteiger partial charge in [0.05, 0.1) is 19.8 Å². The molecule has 3 aromatic carbocycles. The van der Waals surface area contributed by atoms with Gasteiger partial charge < -0.3 is 14.8 Å². The SMILES string of the molecule is COc1ccc([C@@H](CC[NH2+]Cc2ccc(OC(C)C)cc2)c2ccc(F)cc2)cc1. The third-order valence-electron chi connectivity index (χ3n) is 5.13. The van der Waals surface area contributed by atoms with Crippen molar-refractivity contribution in [3.05, 3.63) is 95.3 Å². The summed E-state index contributed by atoms with van der Waals surface area (Å²) >= 11 is 0. The lowest BCUT2D eigenvalue weighted by Gasteiger charge is -2.18. The van der Waals surface area contributed by atoms with Crippen LogP contribution in [0.1, 0.15) is 42.9 Å². The number of methoxy groups -OCH3 is 1. The molecule has 0 heterocycles. The number of hydrogen-bond acceptors (Lipinski definition) is 2. The zero-order valence-corrected chi connectivity index (χ0v) is 18.0. The lowest BCUT2D eigenvalue weighted by molar-refractivity contribution is -0.671. The van der Waals surface area contributed by atoms with E-state index in [1.807, 2.05) is 50.2 Å². The van der Waals surface area contributed by atoms with Crippen LogP contribution in [0.25, 0.3) is 0 Å². The fraction of sp³-hybridized carbons (Fsp3) is 0.308. The van der Waals surface area contributed by atoms with Gasteiger partial charge in [0.25, 0.3) is 0 Å². The minimum atomic E-state index is -0.205. The molecule has 0 saturated heterocycles. The van der Waals surface area contributed by atoms with Gasteiger partial charge in [-0.1, -0.05) is 24.3 Å². The molecule has 30 heavy (non-hydrogen) atoms. The van der Waals surface area contributed by atoms with E-state index in [1.165, 1.54) is 23.3 Å². The molecule has 158 valence electrons. The highest BCUT2D eigenvalue weighted by atomic mass is 19.1. The van der Waals surface area contributed by atoms with Crippen LogP contribution in [0.2, 0.25) is 0 Å². The fourth-order valence-corrected chi connectivity index (χ4v) is 3.59. The van der Waals surface area contributed by atoms with Crippen LogP contribution in [0.4, 0.5) is 4.39 Å². The van der Waals surface area contributed by atoms with Crippen molar-refractivity contribution in [2.24, 2.45) is 0 Å². The summed E-state index contributed by atoms with van der Waals surface area (Å²) in [5.41, 5.74) is 3.62. The average molecular weight is 409 g/mol. The summed E-state index contributed by atoms with van der Waals surface area (Å²) in [5, 5.41) is 2.32. The number of halogens is 1. The first-order chi connectivity index (χ1) is 14.5. The maximum Gasteiger partial charge on any atom is 0.123 e. The summed E-state index contributed by atoms with van der Waals surface area (Å²) in [6.07, 6.45) is 1.15. The fourth-order valence-electron chi connectivity index (χ4n) is 3.59. The molecule has 4 heteroatoms. The molecule has 0 aliphatic rings. The summed E-state index contributed by atoms with van der Waals surface area (Å²) in [6, 6.07) is 23.3. The molecule has 3 rings (SSSR count). The molecule has 0 amide bonds. The summed E-state index contributed by atoms with van der Waals surface area (Å²) in [6.45, 7) is 5.95. The molecule has 1 atom stereocenters. The predicted octanol–water partition coefficient (Wildman–Crippen LogP) is 4.91. The van der Waals surface area contributed by atoms with E-state index in [0.29, 0.717) is 0 Å². The molecule has 0 aliphatic carbocycles. The predicted molar refractivity (Wildman–Crippen MR) is 119 cm³/mol. The van der Waals surface area contributed by atoms with E-state index in [4.69, 9.17) is 9.47 Å². The Morgan fingerprint density at radius 3 is 1.93 bits per heavy atom. The van der Waals surface area contributed by atoms with Crippen LogP contribution in [-0.2, 0) is 6.54 Å². The minimum Gasteiger partial charge on any atom is -0.497 e. The number of nitrogens with two attached hydrogens (primary N) is 1. The zero-order valence-electron chi connectivity index (χ0n) is 18.0. The third-order valence-corrected chi connectivity index (χ3v) is 5.13. The van der Waals surface area contributed by atoms with Gasteiger partial charge in [-0.3, -0.25) is 0 Å². The molecule has 3 nitrogen and oxygen atoms in total. The Bertz CT molecular complexity index is 890. The normalized spacial score (nSPS) is 12.0. The number of rotatable bonds is 10. The molecule has 0 saturated carbocycles. The Morgan fingerprint density at radius 2 is 1.37 bits per heavy atom. The second-order valence-corrected chi connectivity index (χ2v) is 7.76. The first kappa shape index (κ1) is 21.8. The van der Waals surface area contributed by atoms with Crippen LogP contribution in [0.15, 0.2) is 72.8 Å².